The van der Waals surface area contributed by atoms with Crippen LogP contribution in [0.2, 0.25) is 0 Å². The lowest BCUT2D eigenvalue weighted by atomic mass is 9.88. The van der Waals surface area contributed by atoms with E-state index in [4.69, 9.17) is 14.6 Å². The number of carbonyl (C=O) groups is 3. The zero-order valence-corrected chi connectivity index (χ0v) is 18.4. The van der Waals surface area contributed by atoms with Crippen LogP contribution in [0.1, 0.15) is 25.3 Å². The maximum atomic E-state index is 12.4. The highest BCUT2D eigenvalue weighted by atomic mass is 19.4. The molecule has 11 nitrogen and oxygen atoms in total. The zero-order valence-electron chi connectivity index (χ0n) is 18.4. The lowest BCUT2D eigenvalue weighted by Gasteiger charge is -2.46. The molecule has 1 saturated heterocycles. The van der Waals surface area contributed by atoms with Crippen molar-refractivity contribution in [3.05, 3.63) is 29.8 Å². The monoisotopic (exact) mass is 509 g/mol. The second kappa shape index (κ2) is 11.3. The van der Waals surface area contributed by atoms with Gasteiger partial charge in [-0.3, -0.25) is 9.59 Å². The number of rotatable bonds is 10. The van der Waals surface area contributed by atoms with Gasteiger partial charge in [0.2, 0.25) is 11.7 Å². The van der Waals surface area contributed by atoms with E-state index in [1.807, 2.05) is 0 Å². The topological polar surface area (TPSA) is 183 Å². The molecule has 1 amide bonds. The fourth-order valence-electron chi connectivity index (χ4n) is 3.55. The average molecular weight is 509 g/mol. The summed E-state index contributed by atoms with van der Waals surface area (Å²) in [5.74, 6) is -7.02. The lowest BCUT2D eigenvalue weighted by Crippen LogP contribution is -2.68. The third-order valence-electron chi connectivity index (χ3n) is 5.35. The van der Waals surface area contributed by atoms with Gasteiger partial charge in [-0.1, -0.05) is 12.1 Å². The van der Waals surface area contributed by atoms with Crippen molar-refractivity contribution in [2.45, 2.75) is 68.6 Å². The Hall–Kier alpha value is -2.78. The number of benzene rings is 1. The van der Waals surface area contributed by atoms with Crippen molar-refractivity contribution < 1.29 is 62.6 Å². The summed E-state index contributed by atoms with van der Waals surface area (Å²) >= 11 is 0. The Bertz CT molecular complexity index is 910. The Kier molecular flexibility index (Phi) is 9.19. The van der Waals surface area contributed by atoms with Gasteiger partial charge in [0.05, 0.1) is 25.2 Å². The molecule has 6 N–H and O–H groups in total. The fourth-order valence-corrected chi connectivity index (χ4v) is 3.55. The number of hydrogen-bond acceptors (Lipinski definition) is 9. The summed E-state index contributed by atoms with van der Waals surface area (Å²) in [6.07, 6.45) is -13.8. The van der Waals surface area contributed by atoms with Crippen molar-refractivity contribution in [2.24, 2.45) is 0 Å². The quantitative estimate of drug-likeness (QED) is 0.235. The van der Waals surface area contributed by atoms with Crippen LogP contribution in [0.25, 0.3) is 0 Å². The Balaban J connectivity index is 2.26. The number of hydrogen-bond donors (Lipinski definition) is 6. The molecule has 0 bridgehead atoms. The van der Waals surface area contributed by atoms with E-state index in [0.29, 0.717) is 5.56 Å². The van der Waals surface area contributed by atoms with Crippen molar-refractivity contribution in [2.75, 3.05) is 6.61 Å². The number of ketones is 1. The maximum Gasteiger partial charge on any atom is 0.449 e. The van der Waals surface area contributed by atoms with Crippen molar-refractivity contribution in [3.63, 3.8) is 0 Å². The molecule has 0 aliphatic carbocycles. The van der Waals surface area contributed by atoms with E-state index in [-0.39, 0.29) is 12.2 Å². The van der Waals surface area contributed by atoms with Crippen LogP contribution in [0.5, 0.6) is 5.75 Å². The van der Waals surface area contributed by atoms with Crippen molar-refractivity contribution >= 4 is 17.7 Å². The molecule has 6 unspecified atom stereocenters. The van der Waals surface area contributed by atoms with Gasteiger partial charge in [-0.05, 0) is 24.1 Å². The minimum absolute atomic E-state index is 0.139. The smallest absolute Gasteiger partial charge is 0.449 e. The number of carboxylic acid groups (broad SMARTS) is 1. The first kappa shape index (κ1) is 28.5. The highest BCUT2D eigenvalue weighted by Crippen LogP contribution is 2.35. The third-order valence-corrected chi connectivity index (χ3v) is 5.35. The van der Waals surface area contributed by atoms with Crippen LogP contribution in [-0.4, -0.2) is 92.2 Å². The molecule has 35 heavy (non-hydrogen) atoms. The van der Waals surface area contributed by atoms with Gasteiger partial charge in [0.1, 0.15) is 24.1 Å². The molecule has 0 aromatic heterocycles. The Labute approximate surface area is 197 Å². The first-order chi connectivity index (χ1) is 16.2. The van der Waals surface area contributed by atoms with E-state index >= 15 is 0 Å². The Morgan fingerprint density at radius 3 is 2.31 bits per heavy atom. The molecule has 2 rings (SSSR count). The van der Waals surface area contributed by atoms with Crippen molar-refractivity contribution in [1.29, 1.82) is 0 Å². The van der Waals surface area contributed by atoms with Gasteiger partial charge in [0, 0.05) is 13.3 Å². The Morgan fingerprint density at radius 2 is 1.83 bits per heavy atom. The van der Waals surface area contributed by atoms with Crippen LogP contribution >= 0.6 is 0 Å². The van der Waals surface area contributed by atoms with Crippen molar-refractivity contribution in [3.8, 4) is 5.75 Å². The molecule has 1 aliphatic rings. The van der Waals surface area contributed by atoms with Gasteiger partial charge in [0.15, 0.2) is 0 Å². The van der Waals surface area contributed by atoms with E-state index < -0.39 is 79.5 Å². The van der Waals surface area contributed by atoms with E-state index in [9.17, 15) is 48.0 Å². The largest absolute Gasteiger partial charge is 0.476 e. The predicted octanol–water partition coefficient (Wildman–Crippen LogP) is -0.721. The number of alkyl halides is 3. The SMILES string of the molecule is CC(=O)NC1C(O)CC(Oc2ccc(CCC(=O)C(F)(F)F)cc2)(C(=O)O)OC1C(O)C(O)CO. The highest BCUT2D eigenvalue weighted by Gasteiger charge is 2.56. The summed E-state index contributed by atoms with van der Waals surface area (Å²) in [7, 11) is 0. The molecule has 1 fully saturated rings. The van der Waals surface area contributed by atoms with Crippen LogP contribution in [0.4, 0.5) is 13.2 Å². The number of aliphatic hydroxyl groups is 4. The number of ether oxygens (including phenoxy) is 2. The van der Waals surface area contributed by atoms with Gasteiger partial charge in [-0.15, -0.1) is 0 Å². The maximum absolute atomic E-state index is 12.4. The summed E-state index contributed by atoms with van der Waals surface area (Å²) in [4.78, 5) is 34.7. The van der Waals surface area contributed by atoms with Gasteiger partial charge in [0.25, 0.3) is 0 Å². The van der Waals surface area contributed by atoms with Crippen molar-refractivity contribution in [1.82, 2.24) is 5.32 Å². The molecule has 14 heteroatoms. The van der Waals surface area contributed by atoms with Crippen LogP contribution in [-0.2, 0) is 25.5 Å². The lowest BCUT2D eigenvalue weighted by molar-refractivity contribution is -0.284. The zero-order chi connectivity index (χ0) is 26.6. The first-order valence-corrected chi connectivity index (χ1v) is 10.4. The number of aliphatic hydroxyl groups excluding tert-OH is 4. The standard InChI is InChI=1S/C21H26F3NO10/c1-10(27)25-16-13(28)8-20(19(32)33,35-18(16)17(31)14(29)9-26)34-12-5-2-11(3-6-12)4-7-15(30)21(22,23)24/h2-3,5-6,13-14,16-18,26,28-29,31H,4,7-9H2,1H3,(H,25,27)(H,32,33). The molecule has 1 aliphatic heterocycles. The number of carbonyl (C=O) groups excluding carboxylic acids is 2. The first-order valence-electron chi connectivity index (χ1n) is 10.4. The second-order valence-electron chi connectivity index (χ2n) is 8.05. The molecule has 0 spiro atoms. The number of carboxylic acids is 1. The molecule has 1 aromatic carbocycles. The normalized spacial score (nSPS) is 26.5. The second-order valence-corrected chi connectivity index (χ2v) is 8.05. The highest BCUT2D eigenvalue weighted by molar-refractivity contribution is 5.84. The summed E-state index contributed by atoms with van der Waals surface area (Å²) in [5.41, 5.74) is 0.328. The predicted molar refractivity (Wildman–Crippen MR) is 109 cm³/mol. The number of amides is 1. The van der Waals surface area contributed by atoms with Gasteiger partial charge in [-0.2, -0.15) is 13.2 Å². The molecule has 0 saturated carbocycles. The molecular weight excluding hydrogens is 483 g/mol. The van der Waals surface area contributed by atoms with Crippen LogP contribution in [0, 0.1) is 0 Å². The van der Waals surface area contributed by atoms with E-state index in [0.717, 1.165) is 6.92 Å². The van der Waals surface area contributed by atoms with E-state index in [1.165, 1.54) is 24.3 Å². The molecule has 0 radical (unpaired) electrons. The van der Waals surface area contributed by atoms with Gasteiger partial charge in [-0.25, -0.2) is 4.79 Å². The summed E-state index contributed by atoms with van der Waals surface area (Å²) in [6.45, 7) is 0.154. The molecule has 1 heterocycles. The van der Waals surface area contributed by atoms with Crippen LogP contribution in [0.15, 0.2) is 24.3 Å². The number of aliphatic carboxylic acids is 1. The van der Waals surface area contributed by atoms with E-state index in [1.54, 1.807) is 0 Å². The number of nitrogens with one attached hydrogen (secondary N) is 1. The number of Topliss-reactive ketones (excluding diaryl/α,β-unsaturated/α-hetero) is 1. The Morgan fingerprint density at radius 1 is 1.23 bits per heavy atom. The number of halogens is 3. The summed E-state index contributed by atoms with van der Waals surface area (Å²) < 4.78 is 48.0. The van der Waals surface area contributed by atoms with Gasteiger partial charge >= 0.3 is 17.9 Å². The fraction of sp³-hybridized carbons (Fsp3) is 0.571. The molecule has 1 aromatic rings. The van der Waals surface area contributed by atoms with E-state index in [2.05, 4.69) is 5.32 Å². The summed E-state index contributed by atoms with van der Waals surface area (Å²) in [6, 6.07) is 3.66. The molecule has 6 atom stereocenters. The minimum atomic E-state index is -4.95. The molecule has 196 valence electrons. The number of aryl methyl sites for hydroxylation is 1. The average Bonchev–Trinajstić information content (AvgIpc) is 2.77. The van der Waals surface area contributed by atoms with Gasteiger partial charge < -0.3 is 40.3 Å². The van der Waals surface area contributed by atoms with Crippen LogP contribution < -0.4 is 10.1 Å². The summed E-state index contributed by atoms with van der Waals surface area (Å²) in [5, 5.41) is 52.0. The third kappa shape index (κ3) is 7.11. The molecular formula is C21H26F3NO10. The van der Waals surface area contributed by atoms with Crippen LogP contribution in [0.3, 0.4) is 0 Å². The minimum Gasteiger partial charge on any atom is -0.476 e.